The van der Waals surface area contributed by atoms with Crippen molar-refractivity contribution in [3.63, 3.8) is 0 Å². The molecule has 180 valence electrons. The first-order valence-electron chi connectivity index (χ1n) is 11.7. The van der Waals surface area contributed by atoms with Crippen molar-refractivity contribution in [3.05, 3.63) is 94.5 Å². The quantitative estimate of drug-likeness (QED) is 0.490. The van der Waals surface area contributed by atoms with E-state index in [0.29, 0.717) is 11.6 Å². The fraction of sp³-hybridized carbons (Fsp3) is 0.259. The van der Waals surface area contributed by atoms with E-state index in [4.69, 9.17) is 21.3 Å². The van der Waals surface area contributed by atoms with Gasteiger partial charge in [-0.05, 0) is 42.8 Å². The lowest BCUT2D eigenvalue weighted by atomic mass is 9.99. The second kappa shape index (κ2) is 10.1. The Kier molecular flexibility index (Phi) is 6.72. The summed E-state index contributed by atoms with van der Waals surface area (Å²) >= 11 is 6.17. The number of halogens is 1. The van der Waals surface area contributed by atoms with Crippen LogP contribution in [0.1, 0.15) is 30.0 Å². The molecule has 3 aromatic rings. The summed E-state index contributed by atoms with van der Waals surface area (Å²) < 4.78 is 5.54. The molecule has 0 radical (unpaired) electrons. The highest BCUT2D eigenvalue weighted by molar-refractivity contribution is 6.30. The zero-order chi connectivity index (χ0) is 24.4. The predicted molar refractivity (Wildman–Crippen MR) is 139 cm³/mol. The minimum absolute atomic E-state index is 0.00166. The van der Waals surface area contributed by atoms with Crippen molar-refractivity contribution in [1.29, 1.82) is 0 Å². The Morgan fingerprint density at radius 3 is 2.60 bits per heavy atom. The third-order valence-corrected chi connectivity index (χ3v) is 6.65. The molecule has 3 aromatic carbocycles. The molecule has 0 spiro atoms. The monoisotopic (exact) mass is 489 g/mol. The SMILES string of the molecule is COc1ccc2c(c1)C(c1ccc(Cl)cc1)=NC(CC(=O)NCc1ccccc1)C1NNC(C)N21. The Hall–Kier alpha value is -3.39. The number of fused-ring (bicyclic) bond motifs is 3. The van der Waals surface area contributed by atoms with Crippen LogP contribution in [0, 0.1) is 0 Å². The van der Waals surface area contributed by atoms with E-state index in [1.165, 1.54) is 0 Å². The maximum absolute atomic E-state index is 13.0. The Morgan fingerprint density at radius 2 is 1.86 bits per heavy atom. The summed E-state index contributed by atoms with van der Waals surface area (Å²) in [5.74, 6) is 0.691. The van der Waals surface area contributed by atoms with Crippen molar-refractivity contribution < 1.29 is 9.53 Å². The van der Waals surface area contributed by atoms with Crippen LogP contribution in [-0.4, -0.2) is 37.1 Å². The molecule has 0 aromatic heterocycles. The molecule has 5 rings (SSSR count). The second-order valence-electron chi connectivity index (χ2n) is 8.72. The molecule has 0 saturated carbocycles. The maximum atomic E-state index is 13.0. The summed E-state index contributed by atoms with van der Waals surface area (Å²) in [6.45, 7) is 2.56. The van der Waals surface area contributed by atoms with Crippen LogP contribution < -0.4 is 25.8 Å². The van der Waals surface area contributed by atoms with E-state index in [1.54, 1.807) is 7.11 Å². The maximum Gasteiger partial charge on any atom is 0.222 e. The van der Waals surface area contributed by atoms with Crippen LogP contribution in [0.15, 0.2) is 77.8 Å². The van der Waals surface area contributed by atoms with Crippen molar-refractivity contribution in [1.82, 2.24) is 16.2 Å². The molecule has 2 heterocycles. The summed E-state index contributed by atoms with van der Waals surface area (Å²) in [5, 5.41) is 3.71. The van der Waals surface area contributed by atoms with Crippen LogP contribution in [0.25, 0.3) is 0 Å². The number of carbonyl (C=O) groups excluding carboxylic acids is 1. The molecule has 7 nitrogen and oxygen atoms in total. The number of aliphatic imine (C=N–C) groups is 1. The first kappa shape index (κ1) is 23.4. The minimum atomic E-state index is -0.340. The molecule has 1 fully saturated rings. The number of hydrogen-bond donors (Lipinski definition) is 3. The van der Waals surface area contributed by atoms with E-state index in [-0.39, 0.29) is 30.7 Å². The number of ether oxygens (including phenoxy) is 1. The number of anilines is 1. The van der Waals surface area contributed by atoms with Crippen LogP contribution in [0.5, 0.6) is 5.75 Å². The summed E-state index contributed by atoms with van der Waals surface area (Å²) in [6, 6.07) is 23.2. The smallest absolute Gasteiger partial charge is 0.222 e. The van der Waals surface area contributed by atoms with Crippen LogP contribution in [0.3, 0.4) is 0 Å². The third kappa shape index (κ3) is 4.89. The van der Waals surface area contributed by atoms with E-state index >= 15 is 0 Å². The second-order valence-corrected chi connectivity index (χ2v) is 9.15. The number of benzene rings is 3. The van der Waals surface area contributed by atoms with E-state index in [9.17, 15) is 4.79 Å². The summed E-state index contributed by atoms with van der Waals surface area (Å²) in [6.07, 6.45) is 0.0312. The molecule has 2 aliphatic heterocycles. The summed E-state index contributed by atoms with van der Waals surface area (Å²) in [4.78, 5) is 20.5. The Labute approximate surface area is 210 Å². The highest BCUT2D eigenvalue weighted by atomic mass is 35.5. The molecule has 8 heteroatoms. The van der Waals surface area contributed by atoms with Gasteiger partial charge in [0, 0.05) is 28.4 Å². The van der Waals surface area contributed by atoms with E-state index < -0.39 is 0 Å². The molecule has 3 atom stereocenters. The van der Waals surface area contributed by atoms with Crippen molar-refractivity contribution in [2.45, 2.75) is 38.3 Å². The van der Waals surface area contributed by atoms with Gasteiger partial charge in [0.1, 0.15) is 11.9 Å². The average Bonchev–Trinajstić information content (AvgIpc) is 3.21. The van der Waals surface area contributed by atoms with Gasteiger partial charge in [-0.2, -0.15) is 0 Å². The number of hydrazine groups is 1. The molecular weight excluding hydrogens is 462 g/mol. The number of hydrogen-bond acceptors (Lipinski definition) is 6. The van der Waals surface area contributed by atoms with Gasteiger partial charge in [-0.3, -0.25) is 9.79 Å². The Balaban J connectivity index is 1.52. The lowest BCUT2D eigenvalue weighted by Crippen LogP contribution is -2.47. The largest absolute Gasteiger partial charge is 0.497 e. The Bertz CT molecular complexity index is 1230. The average molecular weight is 490 g/mol. The normalized spacial score (nSPS) is 20.9. The number of nitrogens with one attached hydrogen (secondary N) is 3. The van der Waals surface area contributed by atoms with Crippen LogP contribution >= 0.6 is 11.6 Å². The van der Waals surface area contributed by atoms with Gasteiger partial charge in [-0.25, -0.2) is 10.9 Å². The lowest BCUT2D eigenvalue weighted by molar-refractivity contribution is -0.121. The van der Waals surface area contributed by atoms with Gasteiger partial charge >= 0.3 is 0 Å². The van der Waals surface area contributed by atoms with Gasteiger partial charge in [0.2, 0.25) is 5.91 Å². The van der Waals surface area contributed by atoms with Crippen LogP contribution in [-0.2, 0) is 11.3 Å². The van der Waals surface area contributed by atoms with E-state index in [2.05, 4.69) is 34.1 Å². The van der Waals surface area contributed by atoms with Gasteiger partial charge in [0.05, 0.1) is 31.4 Å². The van der Waals surface area contributed by atoms with Crippen LogP contribution in [0.2, 0.25) is 5.02 Å². The van der Waals surface area contributed by atoms with Gasteiger partial charge in [0.15, 0.2) is 0 Å². The number of carbonyl (C=O) groups is 1. The number of rotatable bonds is 6. The molecule has 0 bridgehead atoms. The first-order chi connectivity index (χ1) is 17.0. The molecule has 1 saturated heterocycles. The topological polar surface area (TPSA) is 78.0 Å². The summed E-state index contributed by atoms with van der Waals surface area (Å²) in [7, 11) is 1.65. The number of amides is 1. The molecular formula is C27H28ClN5O2. The fourth-order valence-electron chi connectivity index (χ4n) is 4.64. The zero-order valence-corrected chi connectivity index (χ0v) is 20.4. The molecule has 2 aliphatic rings. The lowest BCUT2D eigenvalue weighted by Gasteiger charge is -2.31. The molecule has 3 unspecified atom stereocenters. The molecule has 0 aliphatic carbocycles. The van der Waals surface area contributed by atoms with Gasteiger partial charge in [-0.15, -0.1) is 0 Å². The minimum Gasteiger partial charge on any atom is -0.497 e. The highest BCUT2D eigenvalue weighted by Crippen LogP contribution is 2.36. The number of nitrogens with zero attached hydrogens (tertiary/aromatic N) is 2. The van der Waals surface area contributed by atoms with E-state index in [1.807, 2.05) is 66.7 Å². The fourth-order valence-corrected chi connectivity index (χ4v) is 4.77. The first-order valence-corrected chi connectivity index (χ1v) is 12.0. The zero-order valence-electron chi connectivity index (χ0n) is 19.7. The van der Waals surface area contributed by atoms with Gasteiger partial charge in [-0.1, -0.05) is 54.1 Å². The van der Waals surface area contributed by atoms with Crippen molar-refractivity contribution in [2.75, 3.05) is 12.0 Å². The van der Waals surface area contributed by atoms with Crippen molar-refractivity contribution in [2.24, 2.45) is 4.99 Å². The standard InChI is InChI=1S/C27H28ClN5O2/c1-17-31-32-27-23(15-25(34)29-16-18-6-4-3-5-7-18)30-26(19-8-10-20(28)11-9-19)22-14-21(35-2)12-13-24(22)33(17)27/h3-14,17,23,27,31-32H,15-16H2,1-2H3,(H,29,34). The van der Waals surface area contributed by atoms with E-state index in [0.717, 1.165) is 33.8 Å². The number of methoxy groups -OCH3 is 1. The van der Waals surface area contributed by atoms with Gasteiger partial charge in [0.25, 0.3) is 0 Å². The van der Waals surface area contributed by atoms with Gasteiger partial charge < -0.3 is 15.0 Å². The third-order valence-electron chi connectivity index (χ3n) is 6.40. The highest BCUT2D eigenvalue weighted by Gasteiger charge is 2.40. The van der Waals surface area contributed by atoms with Crippen molar-refractivity contribution >= 4 is 28.9 Å². The predicted octanol–water partition coefficient (Wildman–Crippen LogP) is 3.86. The summed E-state index contributed by atoms with van der Waals surface area (Å²) in [5.41, 5.74) is 11.4. The molecule has 3 N–H and O–H groups in total. The van der Waals surface area contributed by atoms with Crippen molar-refractivity contribution in [3.8, 4) is 5.75 Å². The molecule has 1 amide bonds. The Morgan fingerprint density at radius 1 is 1.09 bits per heavy atom. The van der Waals surface area contributed by atoms with Crippen LogP contribution in [0.4, 0.5) is 5.69 Å². The molecule has 35 heavy (non-hydrogen) atoms.